The van der Waals surface area contributed by atoms with Gasteiger partial charge in [-0.2, -0.15) is 0 Å². The van der Waals surface area contributed by atoms with E-state index >= 15 is 0 Å². The number of ether oxygens (including phenoxy) is 1. The summed E-state index contributed by atoms with van der Waals surface area (Å²) in [6.07, 6.45) is 1.44. The van der Waals surface area contributed by atoms with Crippen molar-refractivity contribution in [2.24, 2.45) is 17.3 Å². The molecule has 3 nitrogen and oxygen atoms in total. The maximum atomic E-state index is 6.06. The van der Waals surface area contributed by atoms with E-state index < -0.39 is 0 Å². The van der Waals surface area contributed by atoms with Crippen LogP contribution >= 0.6 is 11.6 Å². The predicted molar refractivity (Wildman–Crippen MR) is 108 cm³/mol. The largest absolute Gasteiger partial charge is 0.494 e. The van der Waals surface area contributed by atoms with Gasteiger partial charge in [-0.15, -0.1) is 0 Å². The maximum absolute atomic E-state index is 6.06. The Morgan fingerprint density at radius 1 is 1.04 bits per heavy atom. The van der Waals surface area contributed by atoms with E-state index in [-0.39, 0.29) is 0 Å². The summed E-state index contributed by atoms with van der Waals surface area (Å²) in [5.41, 5.74) is 3.33. The summed E-state index contributed by atoms with van der Waals surface area (Å²) in [5.74, 6) is 2.76. The summed E-state index contributed by atoms with van der Waals surface area (Å²) < 4.78 is 5.62. The van der Waals surface area contributed by atoms with Crippen LogP contribution in [0.1, 0.15) is 18.9 Å². The second-order valence-corrected chi connectivity index (χ2v) is 9.14. The lowest BCUT2D eigenvalue weighted by Gasteiger charge is -2.53. The van der Waals surface area contributed by atoms with E-state index in [4.69, 9.17) is 16.3 Å². The third-order valence-electron chi connectivity index (χ3n) is 7.54. The molecule has 5 fully saturated rings. The molecule has 1 spiro atoms. The average Bonchev–Trinajstić information content (AvgIpc) is 3.33. The van der Waals surface area contributed by atoms with Crippen LogP contribution in [0.25, 0.3) is 0 Å². The fourth-order valence-electron chi connectivity index (χ4n) is 6.52. The van der Waals surface area contributed by atoms with Crippen molar-refractivity contribution < 1.29 is 4.74 Å². The fraction of sp³-hybridized carbons (Fsp3) is 0.478. The topological polar surface area (TPSA) is 15.7 Å². The minimum absolute atomic E-state index is 0.577. The van der Waals surface area contributed by atoms with E-state index in [1.54, 1.807) is 0 Å². The number of fused-ring (bicyclic) bond motifs is 1. The summed E-state index contributed by atoms with van der Waals surface area (Å²) in [5, 5.41) is 0.823. The van der Waals surface area contributed by atoms with Crippen LogP contribution < -0.4 is 9.64 Å². The van der Waals surface area contributed by atoms with Gasteiger partial charge in [0.05, 0.1) is 12.6 Å². The lowest BCUT2D eigenvalue weighted by molar-refractivity contribution is 0.0377. The van der Waals surface area contributed by atoms with Crippen LogP contribution in [-0.2, 0) is 6.54 Å². The number of nitrogens with zero attached hydrogens (tertiary/aromatic N) is 2. The lowest BCUT2D eigenvalue weighted by atomic mass is 9.60. The van der Waals surface area contributed by atoms with Gasteiger partial charge in [0.1, 0.15) is 5.75 Å². The molecule has 3 heterocycles. The second-order valence-electron chi connectivity index (χ2n) is 8.71. The van der Waals surface area contributed by atoms with E-state index in [9.17, 15) is 0 Å². The van der Waals surface area contributed by atoms with E-state index in [0.717, 1.165) is 41.8 Å². The number of hydrogen-bond acceptors (Lipinski definition) is 3. The molecule has 5 unspecified atom stereocenters. The number of halogens is 1. The van der Waals surface area contributed by atoms with Crippen molar-refractivity contribution in [3.8, 4) is 5.75 Å². The third-order valence-corrected chi connectivity index (χ3v) is 7.79. The number of hydrogen-bond donors (Lipinski definition) is 0. The average molecular weight is 381 g/mol. The Morgan fingerprint density at radius 2 is 1.81 bits per heavy atom. The van der Waals surface area contributed by atoms with Crippen molar-refractivity contribution in [1.82, 2.24) is 4.90 Å². The van der Waals surface area contributed by atoms with Gasteiger partial charge in [0.25, 0.3) is 0 Å². The number of anilines is 1. The van der Waals surface area contributed by atoms with E-state index in [0.29, 0.717) is 11.5 Å². The highest BCUT2D eigenvalue weighted by atomic mass is 35.5. The Hall–Kier alpha value is -1.71. The first-order valence-corrected chi connectivity index (χ1v) is 10.6. The van der Waals surface area contributed by atoms with Gasteiger partial charge in [0.15, 0.2) is 0 Å². The number of benzene rings is 2. The molecule has 5 aliphatic rings. The molecular formula is C23H25ClN2O. The standard InChI is InChI=1S/C23H25ClN2O/c1-2-27-19-9-7-18(8-10-19)26-13-16-11-23-20(16)14-25(21(23)22(23)26)12-15-3-5-17(24)6-4-15/h3-10,16,20-22H,2,11-14H2,1H3. The van der Waals surface area contributed by atoms with Crippen LogP contribution in [0.2, 0.25) is 5.02 Å². The molecule has 3 aliphatic heterocycles. The molecular weight excluding hydrogens is 356 g/mol. The van der Waals surface area contributed by atoms with Gasteiger partial charge in [-0.25, -0.2) is 0 Å². The first-order valence-electron chi connectivity index (χ1n) is 10.2. The fourth-order valence-corrected chi connectivity index (χ4v) is 6.65. The van der Waals surface area contributed by atoms with Crippen LogP contribution in [0.4, 0.5) is 5.69 Å². The summed E-state index contributed by atoms with van der Waals surface area (Å²) in [6.45, 7) is 6.33. The molecule has 5 atom stereocenters. The van der Waals surface area contributed by atoms with Gasteiger partial charge < -0.3 is 9.64 Å². The normalized spacial score (nSPS) is 35.6. The molecule has 140 valence electrons. The molecule has 0 N–H and O–H groups in total. The van der Waals surface area contributed by atoms with Crippen molar-refractivity contribution in [2.75, 3.05) is 24.6 Å². The van der Waals surface area contributed by atoms with Crippen LogP contribution in [0.3, 0.4) is 0 Å². The molecule has 0 amide bonds. The minimum Gasteiger partial charge on any atom is -0.494 e. The van der Waals surface area contributed by atoms with E-state index in [2.05, 4.69) is 46.2 Å². The zero-order chi connectivity index (χ0) is 18.2. The zero-order valence-corrected chi connectivity index (χ0v) is 16.4. The second kappa shape index (κ2) is 5.65. The van der Waals surface area contributed by atoms with Crippen molar-refractivity contribution in [3.63, 3.8) is 0 Å². The molecule has 7 rings (SSSR count). The van der Waals surface area contributed by atoms with Gasteiger partial charge >= 0.3 is 0 Å². The van der Waals surface area contributed by atoms with E-state index in [1.807, 2.05) is 19.1 Å². The van der Waals surface area contributed by atoms with Crippen LogP contribution in [0.15, 0.2) is 48.5 Å². The first-order chi connectivity index (χ1) is 13.2. The maximum Gasteiger partial charge on any atom is 0.119 e. The molecule has 2 bridgehead atoms. The number of piperidine rings is 3. The van der Waals surface area contributed by atoms with Gasteiger partial charge in [-0.05, 0) is 67.1 Å². The van der Waals surface area contributed by atoms with Gasteiger partial charge in [0.2, 0.25) is 0 Å². The molecule has 2 aliphatic carbocycles. The number of rotatable bonds is 5. The van der Waals surface area contributed by atoms with Crippen LogP contribution in [0.5, 0.6) is 5.75 Å². The van der Waals surface area contributed by atoms with Crippen molar-refractivity contribution in [2.45, 2.75) is 32.0 Å². The Morgan fingerprint density at radius 3 is 2.56 bits per heavy atom. The summed E-state index contributed by atoms with van der Waals surface area (Å²) >= 11 is 6.06. The monoisotopic (exact) mass is 380 g/mol. The molecule has 4 heteroatoms. The third kappa shape index (κ3) is 2.19. The first kappa shape index (κ1) is 16.3. The van der Waals surface area contributed by atoms with Crippen molar-refractivity contribution >= 4 is 17.3 Å². The Bertz CT molecular complexity index is 867. The Balaban J connectivity index is 1.24. The molecule has 0 radical (unpaired) electrons. The van der Waals surface area contributed by atoms with E-state index in [1.165, 1.54) is 30.8 Å². The van der Waals surface area contributed by atoms with Gasteiger partial charge in [-0.3, -0.25) is 4.90 Å². The molecule has 3 saturated heterocycles. The Kier molecular flexibility index (Phi) is 3.40. The summed E-state index contributed by atoms with van der Waals surface area (Å²) in [7, 11) is 0. The molecule has 2 saturated carbocycles. The SMILES string of the molecule is CCOc1ccc(N2CC3CC45C3CN(Cc3ccc(Cl)cc3)C4C25)cc1. The highest BCUT2D eigenvalue weighted by Gasteiger charge is 2.84. The number of likely N-dealkylation sites (tertiary alicyclic amines) is 1. The van der Waals surface area contributed by atoms with Crippen molar-refractivity contribution in [1.29, 1.82) is 0 Å². The lowest BCUT2D eigenvalue weighted by Crippen LogP contribution is -2.57. The predicted octanol–water partition coefficient (Wildman–Crippen LogP) is 4.45. The minimum atomic E-state index is 0.577. The highest BCUT2D eigenvalue weighted by Crippen LogP contribution is 2.77. The van der Waals surface area contributed by atoms with Crippen LogP contribution in [0, 0.1) is 17.3 Å². The van der Waals surface area contributed by atoms with Gasteiger partial charge in [0, 0.05) is 41.8 Å². The zero-order valence-electron chi connectivity index (χ0n) is 15.6. The Labute approximate surface area is 165 Å². The summed E-state index contributed by atoms with van der Waals surface area (Å²) in [4.78, 5) is 5.44. The van der Waals surface area contributed by atoms with Crippen molar-refractivity contribution in [3.05, 3.63) is 59.1 Å². The molecule has 0 aromatic heterocycles. The summed E-state index contributed by atoms with van der Waals surface area (Å²) in [6, 6.07) is 18.6. The van der Waals surface area contributed by atoms with Crippen LogP contribution in [-0.4, -0.2) is 36.7 Å². The molecule has 27 heavy (non-hydrogen) atoms. The molecule has 2 aromatic carbocycles. The van der Waals surface area contributed by atoms with Gasteiger partial charge in [-0.1, -0.05) is 23.7 Å². The highest BCUT2D eigenvalue weighted by molar-refractivity contribution is 6.30. The molecule has 2 aromatic rings. The smallest absolute Gasteiger partial charge is 0.119 e. The quantitative estimate of drug-likeness (QED) is 0.762.